The molecule has 1 N–H and O–H groups in total. The van der Waals surface area contributed by atoms with E-state index in [-0.39, 0.29) is 5.82 Å². The maximum Gasteiger partial charge on any atom is 0.123 e. The largest absolute Gasteiger partial charge is 0.310 e. The van der Waals surface area contributed by atoms with Gasteiger partial charge in [-0.2, -0.15) is 0 Å². The molecule has 0 bridgehead atoms. The summed E-state index contributed by atoms with van der Waals surface area (Å²) in [6, 6.07) is 7.22. The Labute approximate surface area is 111 Å². The van der Waals surface area contributed by atoms with Crippen LogP contribution in [0.4, 0.5) is 4.39 Å². The first-order valence-electron chi connectivity index (χ1n) is 7.01. The summed E-state index contributed by atoms with van der Waals surface area (Å²) in [5.41, 5.74) is 1.19. The number of benzene rings is 1. The Bertz CT molecular complexity index is 331. The summed E-state index contributed by atoms with van der Waals surface area (Å²) in [6.45, 7) is 9.88. The molecule has 2 atom stereocenters. The average molecular weight is 251 g/mol. The Morgan fingerprint density at radius 2 is 1.67 bits per heavy atom. The van der Waals surface area contributed by atoms with Crippen LogP contribution in [-0.2, 0) is 0 Å². The summed E-state index contributed by atoms with van der Waals surface area (Å²) in [5, 5.41) is 3.50. The zero-order valence-corrected chi connectivity index (χ0v) is 12.0. The van der Waals surface area contributed by atoms with Crippen LogP contribution in [0.25, 0.3) is 0 Å². The fourth-order valence-corrected chi connectivity index (χ4v) is 2.58. The van der Waals surface area contributed by atoms with Crippen LogP contribution in [0.1, 0.15) is 52.1 Å². The third-order valence-corrected chi connectivity index (χ3v) is 3.23. The van der Waals surface area contributed by atoms with Crippen LogP contribution in [0.15, 0.2) is 24.3 Å². The second-order valence-electron chi connectivity index (χ2n) is 5.63. The standard InChI is InChI=1S/C16H26FN/c1-5-18-16(11-13(4)10-12(2)3)14-6-8-15(17)9-7-14/h6-9,12-13,16,18H,5,10-11H2,1-4H3. The Kier molecular flexibility index (Phi) is 6.34. The van der Waals surface area contributed by atoms with Crippen LogP contribution >= 0.6 is 0 Å². The second-order valence-corrected chi connectivity index (χ2v) is 5.63. The van der Waals surface area contributed by atoms with E-state index >= 15 is 0 Å². The first-order chi connectivity index (χ1) is 8.52. The molecule has 0 spiro atoms. The van der Waals surface area contributed by atoms with E-state index in [4.69, 9.17) is 0 Å². The van der Waals surface area contributed by atoms with Crippen LogP contribution in [0.5, 0.6) is 0 Å². The molecule has 0 aliphatic heterocycles. The number of rotatable bonds is 7. The van der Waals surface area contributed by atoms with E-state index in [1.807, 2.05) is 12.1 Å². The third kappa shape index (κ3) is 5.18. The van der Waals surface area contributed by atoms with Gasteiger partial charge in [-0.1, -0.05) is 39.8 Å². The van der Waals surface area contributed by atoms with Crippen molar-refractivity contribution in [3.05, 3.63) is 35.6 Å². The van der Waals surface area contributed by atoms with Gasteiger partial charge in [0.25, 0.3) is 0 Å². The Hall–Kier alpha value is -0.890. The molecule has 102 valence electrons. The van der Waals surface area contributed by atoms with Gasteiger partial charge in [-0.05, 0) is 48.9 Å². The average Bonchev–Trinajstić information content (AvgIpc) is 2.28. The summed E-state index contributed by atoms with van der Waals surface area (Å²) in [5.74, 6) is 1.25. The van der Waals surface area contributed by atoms with Crippen LogP contribution in [0.2, 0.25) is 0 Å². The van der Waals surface area contributed by atoms with Gasteiger partial charge < -0.3 is 5.32 Å². The third-order valence-electron chi connectivity index (χ3n) is 3.23. The van der Waals surface area contributed by atoms with Crippen molar-refractivity contribution in [3.8, 4) is 0 Å². The van der Waals surface area contributed by atoms with E-state index in [1.54, 1.807) is 12.1 Å². The minimum absolute atomic E-state index is 0.163. The molecule has 1 rings (SSSR count). The lowest BCUT2D eigenvalue weighted by atomic mass is 9.90. The van der Waals surface area contributed by atoms with E-state index in [1.165, 1.54) is 12.0 Å². The van der Waals surface area contributed by atoms with E-state index in [2.05, 4.69) is 33.0 Å². The molecule has 0 fully saturated rings. The van der Waals surface area contributed by atoms with Crippen LogP contribution in [0.3, 0.4) is 0 Å². The summed E-state index contributed by atoms with van der Waals surface area (Å²) < 4.78 is 13.0. The van der Waals surface area contributed by atoms with Gasteiger partial charge in [0, 0.05) is 6.04 Å². The van der Waals surface area contributed by atoms with Gasteiger partial charge in [0.1, 0.15) is 5.82 Å². The zero-order chi connectivity index (χ0) is 13.5. The van der Waals surface area contributed by atoms with Crippen LogP contribution < -0.4 is 5.32 Å². The van der Waals surface area contributed by atoms with Gasteiger partial charge in [-0.15, -0.1) is 0 Å². The predicted octanol–water partition coefficient (Wildman–Crippen LogP) is 4.55. The molecule has 0 radical (unpaired) electrons. The lowest BCUT2D eigenvalue weighted by Gasteiger charge is -2.23. The fourth-order valence-electron chi connectivity index (χ4n) is 2.58. The van der Waals surface area contributed by atoms with Crippen molar-refractivity contribution in [2.24, 2.45) is 11.8 Å². The van der Waals surface area contributed by atoms with Crippen LogP contribution in [0, 0.1) is 17.7 Å². The molecule has 0 aliphatic carbocycles. The minimum Gasteiger partial charge on any atom is -0.310 e. The van der Waals surface area contributed by atoms with Crippen molar-refractivity contribution in [2.45, 2.75) is 46.6 Å². The van der Waals surface area contributed by atoms with Crippen molar-refractivity contribution in [3.63, 3.8) is 0 Å². The maximum atomic E-state index is 13.0. The maximum absolute atomic E-state index is 13.0. The normalized spacial score (nSPS) is 14.8. The lowest BCUT2D eigenvalue weighted by molar-refractivity contribution is 0.359. The molecule has 1 aromatic carbocycles. The Morgan fingerprint density at radius 3 is 2.17 bits per heavy atom. The summed E-state index contributed by atoms with van der Waals surface area (Å²) in [4.78, 5) is 0. The summed E-state index contributed by atoms with van der Waals surface area (Å²) >= 11 is 0. The first-order valence-corrected chi connectivity index (χ1v) is 7.01. The fraction of sp³-hybridized carbons (Fsp3) is 0.625. The molecule has 0 saturated carbocycles. The smallest absolute Gasteiger partial charge is 0.123 e. The highest BCUT2D eigenvalue weighted by Crippen LogP contribution is 2.25. The van der Waals surface area contributed by atoms with Crippen molar-refractivity contribution >= 4 is 0 Å². The first kappa shape index (κ1) is 15.2. The van der Waals surface area contributed by atoms with E-state index in [9.17, 15) is 4.39 Å². The van der Waals surface area contributed by atoms with Gasteiger partial charge in [0.15, 0.2) is 0 Å². The SMILES string of the molecule is CCNC(CC(C)CC(C)C)c1ccc(F)cc1. The molecule has 0 aromatic heterocycles. The predicted molar refractivity (Wildman–Crippen MR) is 76.1 cm³/mol. The zero-order valence-electron chi connectivity index (χ0n) is 12.0. The quantitative estimate of drug-likeness (QED) is 0.749. The molecular weight excluding hydrogens is 225 g/mol. The highest BCUT2D eigenvalue weighted by molar-refractivity contribution is 5.20. The van der Waals surface area contributed by atoms with E-state index in [0.29, 0.717) is 12.0 Å². The topological polar surface area (TPSA) is 12.0 Å². The van der Waals surface area contributed by atoms with Crippen molar-refractivity contribution < 1.29 is 4.39 Å². The molecule has 0 heterocycles. The van der Waals surface area contributed by atoms with Gasteiger partial charge in [-0.3, -0.25) is 0 Å². The molecule has 0 amide bonds. The molecular formula is C16H26FN. The minimum atomic E-state index is -0.163. The molecule has 2 heteroatoms. The van der Waals surface area contributed by atoms with Crippen molar-refractivity contribution in [2.75, 3.05) is 6.54 Å². The lowest BCUT2D eigenvalue weighted by Crippen LogP contribution is -2.23. The molecule has 0 saturated heterocycles. The summed E-state index contributed by atoms with van der Waals surface area (Å²) in [6.07, 6.45) is 2.35. The van der Waals surface area contributed by atoms with E-state index in [0.717, 1.165) is 18.9 Å². The second kappa shape index (κ2) is 7.52. The molecule has 0 aliphatic rings. The molecule has 2 unspecified atom stereocenters. The Balaban J connectivity index is 2.67. The van der Waals surface area contributed by atoms with Gasteiger partial charge in [0.2, 0.25) is 0 Å². The molecule has 1 aromatic rings. The number of hydrogen-bond acceptors (Lipinski definition) is 1. The molecule has 1 nitrogen and oxygen atoms in total. The van der Waals surface area contributed by atoms with E-state index < -0.39 is 0 Å². The Morgan fingerprint density at radius 1 is 1.06 bits per heavy atom. The van der Waals surface area contributed by atoms with Gasteiger partial charge >= 0.3 is 0 Å². The number of halogens is 1. The van der Waals surface area contributed by atoms with Gasteiger partial charge in [0.05, 0.1) is 0 Å². The van der Waals surface area contributed by atoms with Crippen molar-refractivity contribution in [1.29, 1.82) is 0 Å². The van der Waals surface area contributed by atoms with Crippen molar-refractivity contribution in [1.82, 2.24) is 5.32 Å². The highest BCUT2D eigenvalue weighted by atomic mass is 19.1. The number of nitrogens with one attached hydrogen (secondary N) is 1. The monoisotopic (exact) mass is 251 g/mol. The van der Waals surface area contributed by atoms with Crippen LogP contribution in [-0.4, -0.2) is 6.54 Å². The highest BCUT2D eigenvalue weighted by Gasteiger charge is 2.15. The summed E-state index contributed by atoms with van der Waals surface area (Å²) in [7, 11) is 0. The molecule has 18 heavy (non-hydrogen) atoms. The van der Waals surface area contributed by atoms with Gasteiger partial charge in [-0.25, -0.2) is 4.39 Å². The number of hydrogen-bond donors (Lipinski definition) is 1.